The van der Waals surface area contributed by atoms with Crippen LogP contribution in [-0.4, -0.2) is 26.2 Å². The van der Waals surface area contributed by atoms with E-state index in [1.54, 1.807) is 6.07 Å². The normalized spacial score (nSPS) is 17.3. The SMILES string of the molecule is FC(F)(F)c1cc(Cl)cc(N2CCNCC2)c1. The van der Waals surface area contributed by atoms with E-state index >= 15 is 0 Å². The molecule has 1 N–H and O–H groups in total. The molecule has 0 spiro atoms. The summed E-state index contributed by atoms with van der Waals surface area (Å²) in [5.41, 5.74) is -0.162. The molecule has 1 fully saturated rings. The lowest BCUT2D eigenvalue weighted by Gasteiger charge is -2.30. The lowest BCUT2D eigenvalue weighted by Crippen LogP contribution is -2.43. The van der Waals surface area contributed by atoms with Crippen molar-refractivity contribution in [1.29, 1.82) is 0 Å². The molecule has 1 aliphatic heterocycles. The highest BCUT2D eigenvalue weighted by atomic mass is 35.5. The molecule has 1 aromatic carbocycles. The molecule has 2 nitrogen and oxygen atoms in total. The molecular weight excluding hydrogens is 253 g/mol. The van der Waals surface area contributed by atoms with Crippen LogP contribution in [0.4, 0.5) is 18.9 Å². The van der Waals surface area contributed by atoms with Gasteiger partial charge in [-0.15, -0.1) is 0 Å². The van der Waals surface area contributed by atoms with Crippen LogP contribution in [0, 0.1) is 0 Å². The van der Waals surface area contributed by atoms with Gasteiger partial charge in [0, 0.05) is 36.9 Å². The van der Waals surface area contributed by atoms with Crippen molar-refractivity contribution >= 4 is 17.3 Å². The lowest BCUT2D eigenvalue weighted by molar-refractivity contribution is -0.137. The molecule has 0 aromatic heterocycles. The first kappa shape index (κ1) is 12.5. The van der Waals surface area contributed by atoms with Gasteiger partial charge < -0.3 is 10.2 Å². The third kappa shape index (κ3) is 3.04. The summed E-state index contributed by atoms with van der Waals surface area (Å²) in [5.74, 6) is 0. The van der Waals surface area contributed by atoms with Crippen molar-refractivity contribution in [1.82, 2.24) is 5.32 Å². The Hall–Kier alpha value is -0.940. The topological polar surface area (TPSA) is 15.3 Å². The van der Waals surface area contributed by atoms with Crippen molar-refractivity contribution < 1.29 is 13.2 Å². The number of halogens is 4. The van der Waals surface area contributed by atoms with E-state index in [4.69, 9.17) is 11.6 Å². The van der Waals surface area contributed by atoms with Gasteiger partial charge in [-0.25, -0.2) is 0 Å². The molecule has 17 heavy (non-hydrogen) atoms. The molecule has 0 bridgehead atoms. The first-order chi connectivity index (χ1) is 7.97. The Morgan fingerprint density at radius 3 is 2.35 bits per heavy atom. The van der Waals surface area contributed by atoms with E-state index in [1.807, 2.05) is 4.90 Å². The van der Waals surface area contributed by atoms with E-state index in [-0.39, 0.29) is 5.02 Å². The highest BCUT2D eigenvalue weighted by molar-refractivity contribution is 6.30. The molecule has 0 amide bonds. The number of piperazine rings is 1. The van der Waals surface area contributed by atoms with Crippen LogP contribution in [0.5, 0.6) is 0 Å². The molecule has 1 aliphatic rings. The van der Waals surface area contributed by atoms with E-state index in [2.05, 4.69) is 5.32 Å². The molecule has 0 saturated carbocycles. The van der Waals surface area contributed by atoms with Crippen molar-refractivity contribution in [2.45, 2.75) is 6.18 Å². The smallest absolute Gasteiger partial charge is 0.369 e. The van der Waals surface area contributed by atoms with Crippen molar-refractivity contribution in [3.05, 3.63) is 28.8 Å². The van der Waals surface area contributed by atoms with Gasteiger partial charge in [0.1, 0.15) is 0 Å². The zero-order chi connectivity index (χ0) is 12.5. The van der Waals surface area contributed by atoms with E-state index in [1.165, 1.54) is 0 Å². The van der Waals surface area contributed by atoms with E-state index in [0.717, 1.165) is 25.2 Å². The predicted octanol–water partition coefficient (Wildman–Crippen LogP) is 2.77. The van der Waals surface area contributed by atoms with Crippen LogP contribution < -0.4 is 10.2 Å². The zero-order valence-corrected chi connectivity index (χ0v) is 9.78. The summed E-state index contributed by atoms with van der Waals surface area (Å²) in [6.07, 6.45) is -4.35. The molecular formula is C11H12ClF3N2. The van der Waals surface area contributed by atoms with Crippen LogP contribution in [0.2, 0.25) is 5.02 Å². The Kier molecular flexibility index (Phi) is 3.49. The summed E-state index contributed by atoms with van der Waals surface area (Å²) in [7, 11) is 0. The van der Waals surface area contributed by atoms with Gasteiger partial charge in [0.05, 0.1) is 5.56 Å². The Morgan fingerprint density at radius 2 is 1.76 bits per heavy atom. The summed E-state index contributed by atoms with van der Waals surface area (Å²) >= 11 is 5.73. The number of rotatable bonds is 1. The van der Waals surface area contributed by atoms with Crippen molar-refractivity contribution in [2.24, 2.45) is 0 Å². The quantitative estimate of drug-likeness (QED) is 0.839. The van der Waals surface area contributed by atoms with Gasteiger partial charge in [0.15, 0.2) is 0 Å². The minimum Gasteiger partial charge on any atom is -0.369 e. The van der Waals surface area contributed by atoms with Crippen molar-refractivity contribution in [2.75, 3.05) is 31.1 Å². The molecule has 0 aliphatic carbocycles. The van der Waals surface area contributed by atoms with Gasteiger partial charge in [0.2, 0.25) is 0 Å². The fourth-order valence-corrected chi connectivity index (χ4v) is 2.07. The van der Waals surface area contributed by atoms with Crippen LogP contribution >= 0.6 is 11.6 Å². The maximum absolute atomic E-state index is 12.6. The summed E-state index contributed by atoms with van der Waals surface area (Å²) in [4.78, 5) is 1.90. The van der Waals surface area contributed by atoms with E-state index in [0.29, 0.717) is 18.8 Å². The Morgan fingerprint density at radius 1 is 1.12 bits per heavy atom. The number of anilines is 1. The summed E-state index contributed by atoms with van der Waals surface area (Å²) in [6.45, 7) is 2.93. The maximum atomic E-state index is 12.6. The molecule has 1 heterocycles. The van der Waals surface area contributed by atoms with Gasteiger partial charge in [0.25, 0.3) is 0 Å². The first-order valence-corrected chi connectivity index (χ1v) is 5.68. The molecule has 1 saturated heterocycles. The Labute approximate surface area is 102 Å². The molecule has 94 valence electrons. The van der Waals surface area contributed by atoms with Gasteiger partial charge >= 0.3 is 6.18 Å². The zero-order valence-electron chi connectivity index (χ0n) is 9.02. The van der Waals surface area contributed by atoms with Gasteiger partial charge in [-0.05, 0) is 18.2 Å². The average Bonchev–Trinajstić information content (AvgIpc) is 2.28. The van der Waals surface area contributed by atoms with Gasteiger partial charge in [-0.2, -0.15) is 13.2 Å². The molecule has 0 unspecified atom stereocenters. The molecule has 1 aromatic rings. The van der Waals surface area contributed by atoms with E-state index < -0.39 is 11.7 Å². The summed E-state index contributed by atoms with van der Waals surface area (Å²) in [6, 6.07) is 3.67. The number of hydrogen-bond acceptors (Lipinski definition) is 2. The van der Waals surface area contributed by atoms with Crippen LogP contribution in [0.25, 0.3) is 0 Å². The lowest BCUT2D eigenvalue weighted by atomic mass is 10.1. The molecule has 2 rings (SSSR count). The van der Waals surface area contributed by atoms with Crippen molar-refractivity contribution in [3.63, 3.8) is 0 Å². The number of alkyl halides is 3. The molecule has 0 atom stereocenters. The fourth-order valence-electron chi connectivity index (χ4n) is 1.84. The second-order valence-electron chi connectivity index (χ2n) is 3.93. The van der Waals surface area contributed by atoms with Gasteiger partial charge in [-0.1, -0.05) is 11.6 Å². The minimum absolute atomic E-state index is 0.119. The minimum atomic E-state index is -4.35. The van der Waals surface area contributed by atoms with Crippen LogP contribution in [0.3, 0.4) is 0 Å². The number of nitrogens with zero attached hydrogens (tertiary/aromatic N) is 1. The fraction of sp³-hybridized carbons (Fsp3) is 0.455. The van der Waals surface area contributed by atoms with Crippen molar-refractivity contribution in [3.8, 4) is 0 Å². The predicted molar refractivity (Wildman–Crippen MR) is 61.5 cm³/mol. The van der Waals surface area contributed by atoms with Crippen LogP contribution in [0.15, 0.2) is 18.2 Å². The number of hydrogen-bond donors (Lipinski definition) is 1. The van der Waals surface area contributed by atoms with Crippen LogP contribution in [-0.2, 0) is 6.18 Å². The third-order valence-corrected chi connectivity index (χ3v) is 2.91. The first-order valence-electron chi connectivity index (χ1n) is 5.30. The standard InChI is InChI=1S/C11H12ClF3N2/c12-9-5-8(11(13,14)15)6-10(7-9)17-3-1-16-2-4-17/h5-7,16H,1-4H2. The Bertz CT molecular complexity index is 400. The second kappa shape index (κ2) is 4.74. The number of benzene rings is 1. The third-order valence-electron chi connectivity index (χ3n) is 2.69. The van der Waals surface area contributed by atoms with Gasteiger partial charge in [-0.3, -0.25) is 0 Å². The molecule has 0 radical (unpaired) electrons. The average molecular weight is 265 g/mol. The van der Waals surface area contributed by atoms with Crippen LogP contribution in [0.1, 0.15) is 5.56 Å². The largest absolute Gasteiger partial charge is 0.416 e. The highest BCUT2D eigenvalue weighted by Crippen LogP contribution is 2.34. The maximum Gasteiger partial charge on any atom is 0.416 e. The highest BCUT2D eigenvalue weighted by Gasteiger charge is 2.31. The summed E-state index contributed by atoms with van der Waals surface area (Å²) in [5, 5.41) is 3.27. The monoisotopic (exact) mass is 264 g/mol. The van der Waals surface area contributed by atoms with E-state index in [9.17, 15) is 13.2 Å². The second-order valence-corrected chi connectivity index (χ2v) is 4.37. The Balaban J connectivity index is 2.31. The number of nitrogens with one attached hydrogen (secondary N) is 1. The summed E-state index contributed by atoms with van der Waals surface area (Å²) < 4.78 is 37.9. The molecule has 6 heteroatoms.